The third-order valence-corrected chi connectivity index (χ3v) is 2.49. The van der Waals surface area contributed by atoms with Crippen molar-refractivity contribution in [3.63, 3.8) is 0 Å². The van der Waals surface area contributed by atoms with Crippen LogP contribution < -0.4 is 0 Å². The first-order valence-corrected chi connectivity index (χ1v) is 4.40. The summed E-state index contributed by atoms with van der Waals surface area (Å²) in [6, 6.07) is 7.69. The molecule has 0 atom stereocenters. The van der Waals surface area contributed by atoms with Crippen LogP contribution in [0.5, 0.6) is 0 Å². The molecular weight excluding hydrogens is 192 g/mol. The van der Waals surface area contributed by atoms with Gasteiger partial charge in [-0.2, -0.15) is 14.0 Å². The molecule has 1 rings (SSSR count). The monoisotopic (exact) mass is 199 g/mol. The van der Waals surface area contributed by atoms with Gasteiger partial charge in [-0.3, -0.25) is 0 Å². The van der Waals surface area contributed by atoms with Gasteiger partial charge in [0.15, 0.2) is 6.07 Å². The fourth-order valence-corrected chi connectivity index (χ4v) is 1.53. The van der Waals surface area contributed by atoms with E-state index < -0.39 is 5.25 Å². The Morgan fingerprint density at radius 2 is 2.00 bits per heavy atom. The van der Waals surface area contributed by atoms with Crippen LogP contribution in [-0.4, -0.2) is 5.25 Å². The number of alkyl halides is 2. The standard InChI is InChI=1S/C9H7F2NS/c1-7-4-2-3-5-8(7)13-9(10,11)6-12/h2-5H,1H3. The Balaban J connectivity index is 2.88. The summed E-state index contributed by atoms with van der Waals surface area (Å²) >= 11 is 0.278. The molecule has 0 radical (unpaired) electrons. The Morgan fingerprint density at radius 3 is 2.54 bits per heavy atom. The van der Waals surface area contributed by atoms with Gasteiger partial charge in [-0.25, -0.2) is 0 Å². The lowest BCUT2D eigenvalue weighted by Gasteiger charge is -2.08. The Labute approximate surface area is 79.4 Å². The van der Waals surface area contributed by atoms with Crippen molar-refractivity contribution in [1.82, 2.24) is 0 Å². The van der Waals surface area contributed by atoms with Crippen LogP contribution in [0.4, 0.5) is 8.78 Å². The van der Waals surface area contributed by atoms with Crippen molar-refractivity contribution in [2.75, 3.05) is 0 Å². The third-order valence-electron chi connectivity index (χ3n) is 1.46. The first-order valence-electron chi connectivity index (χ1n) is 3.59. The van der Waals surface area contributed by atoms with Gasteiger partial charge < -0.3 is 0 Å². The maximum atomic E-state index is 12.6. The van der Waals surface area contributed by atoms with Crippen molar-refractivity contribution in [2.45, 2.75) is 17.1 Å². The summed E-state index contributed by atoms with van der Waals surface area (Å²) in [6.07, 6.45) is 0. The van der Waals surface area contributed by atoms with Crippen molar-refractivity contribution >= 4 is 11.8 Å². The number of aryl methyl sites for hydroxylation is 1. The Hall–Kier alpha value is -1.08. The van der Waals surface area contributed by atoms with Gasteiger partial charge in [-0.1, -0.05) is 18.2 Å². The van der Waals surface area contributed by atoms with E-state index in [1.807, 2.05) is 0 Å². The van der Waals surface area contributed by atoms with E-state index in [-0.39, 0.29) is 11.8 Å². The van der Waals surface area contributed by atoms with Gasteiger partial charge in [-0.05, 0) is 30.3 Å². The molecule has 1 nitrogen and oxygen atoms in total. The zero-order valence-corrected chi connectivity index (χ0v) is 7.74. The Morgan fingerprint density at radius 1 is 1.38 bits per heavy atom. The quantitative estimate of drug-likeness (QED) is 0.683. The number of nitrogens with zero attached hydrogens (tertiary/aromatic N) is 1. The van der Waals surface area contributed by atoms with Crippen molar-refractivity contribution < 1.29 is 8.78 Å². The molecule has 0 aliphatic rings. The summed E-state index contributed by atoms with van der Waals surface area (Å²) in [5.41, 5.74) is 0.752. The van der Waals surface area contributed by atoms with Gasteiger partial charge in [0.25, 0.3) is 0 Å². The molecule has 0 aliphatic heterocycles. The normalized spacial score (nSPS) is 10.9. The summed E-state index contributed by atoms with van der Waals surface area (Å²) in [6.45, 7) is 1.73. The summed E-state index contributed by atoms with van der Waals surface area (Å²) < 4.78 is 25.2. The minimum Gasteiger partial charge on any atom is -0.191 e. The topological polar surface area (TPSA) is 23.8 Å². The number of halogens is 2. The molecule has 1 aromatic rings. The molecule has 0 aromatic heterocycles. The maximum Gasteiger partial charge on any atom is 0.384 e. The number of hydrogen-bond acceptors (Lipinski definition) is 2. The van der Waals surface area contributed by atoms with Crippen molar-refractivity contribution in [3.8, 4) is 6.07 Å². The fraction of sp³-hybridized carbons (Fsp3) is 0.222. The molecule has 0 heterocycles. The van der Waals surface area contributed by atoms with E-state index >= 15 is 0 Å². The number of nitriles is 1. The molecule has 68 valence electrons. The van der Waals surface area contributed by atoms with Crippen molar-refractivity contribution in [2.24, 2.45) is 0 Å². The second-order valence-electron chi connectivity index (χ2n) is 2.50. The van der Waals surface area contributed by atoms with Gasteiger partial charge in [0.2, 0.25) is 0 Å². The van der Waals surface area contributed by atoms with Gasteiger partial charge in [-0.15, -0.1) is 0 Å². The van der Waals surface area contributed by atoms with E-state index in [1.54, 1.807) is 31.2 Å². The van der Waals surface area contributed by atoms with E-state index in [2.05, 4.69) is 0 Å². The minimum atomic E-state index is -3.34. The molecule has 0 saturated carbocycles. The van der Waals surface area contributed by atoms with Gasteiger partial charge in [0.05, 0.1) is 0 Å². The highest BCUT2D eigenvalue weighted by Gasteiger charge is 2.30. The van der Waals surface area contributed by atoms with Crippen LogP contribution in [0.15, 0.2) is 29.2 Å². The van der Waals surface area contributed by atoms with E-state index in [1.165, 1.54) is 0 Å². The average Bonchev–Trinajstić information content (AvgIpc) is 2.09. The zero-order valence-electron chi connectivity index (χ0n) is 6.92. The van der Waals surface area contributed by atoms with E-state index in [9.17, 15) is 8.78 Å². The molecule has 0 bridgehead atoms. The van der Waals surface area contributed by atoms with E-state index in [0.29, 0.717) is 4.90 Å². The van der Waals surface area contributed by atoms with Crippen LogP contribution in [0.1, 0.15) is 5.56 Å². The van der Waals surface area contributed by atoms with E-state index in [4.69, 9.17) is 5.26 Å². The summed E-state index contributed by atoms with van der Waals surface area (Å²) in [4.78, 5) is 0.439. The lowest BCUT2D eigenvalue weighted by Crippen LogP contribution is -2.05. The lowest BCUT2D eigenvalue weighted by atomic mass is 10.2. The number of hydrogen-bond donors (Lipinski definition) is 0. The lowest BCUT2D eigenvalue weighted by molar-refractivity contribution is 0.171. The fourth-order valence-electron chi connectivity index (χ4n) is 0.832. The number of benzene rings is 1. The highest BCUT2D eigenvalue weighted by Crippen LogP contribution is 2.36. The highest BCUT2D eigenvalue weighted by molar-refractivity contribution is 8.00. The van der Waals surface area contributed by atoms with Gasteiger partial charge in [0.1, 0.15) is 0 Å². The van der Waals surface area contributed by atoms with Crippen LogP contribution in [0.25, 0.3) is 0 Å². The maximum absolute atomic E-state index is 12.6. The van der Waals surface area contributed by atoms with Crippen molar-refractivity contribution in [1.29, 1.82) is 5.26 Å². The molecule has 0 saturated heterocycles. The van der Waals surface area contributed by atoms with E-state index in [0.717, 1.165) is 11.6 Å². The first-order chi connectivity index (χ1) is 6.05. The molecule has 0 amide bonds. The summed E-state index contributed by atoms with van der Waals surface area (Å²) in [5.74, 6) is 0. The average molecular weight is 199 g/mol. The highest BCUT2D eigenvalue weighted by atomic mass is 32.2. The molecule has 13 heavy (non-hydrogen) atoms. The molecule has 0 spiro atoms. The number of thioether (sulfide) groups is 1. The van der Waals surface area contributed by atoms with Crippen LogP contribution in [0.3, 0.4) is 0 Å². The molecule has 0 fully saturated rings. The first kappa shape index (κ1) is 10.0. The van der Waals surface area contributed by atoms with Crippen molar-refractivity contribution in [3.05, 3.63) is 29.8 Å². The predicted octanol–water partition coefficient (Wildman–Crippen LogP) is 3.20. The van der Waals surface area contributed by atoms with Crippen LogP contribution >= 0.6 is 11.8 Å². The molecule has 4 heteroatoms. The summed E-state index contributed by atoms with van der Waals surface area (Å²) in [5, 5.41) is 4.78. The zero-order chi connectivity index (χ0) is 9.90. The van der Waals surface area contributed by atoms with Gasteiger partial charge >= 0.3 is 5.25 Å². The smallest absolute Gasteiger partial charge is 0.191 e. The molecule has 0 unspecified atom stereocenters. The third kappa shape index (κ3) is 2.71. The number of rotatable bonds is 2. The predicted molar refractivity (Wildman–Crippen MR) is 47.6 cm³/mol. The molecular formula is C9H7F2NS. The Bertz CT molecular complexity index is 344. The second kappa shape index (κ2) is 3.75. The van der Waals surface area contributed by atoms with Gasteiger partial charge in [0, 0.05) is 4.90 Å². The van der Waals surface area contributed by atoms with Crippen LogP contribution in [0, 0.1) is 18.3 Å². The minimum absolute atomic E-state index is 0.278. The largest absolute Gasteiger partial charge is 0.384 e. The second-order valence-corrected chi connectivity index (χ2v) is 3.65. The van der Waals surface area contributed by atoms with Crippen LogP contribution in [0.2, 0.25) is 0 Å². The molecule has 1 aromatic carbocycles. The van der Waals surface area contributed by atoms with Crippen LogP contribution in [-0.2, 0) is 0 Å². The molecule has 0 aliphatic carbocycles. The Kier molecular flexibility index (Phi) is 2.89. The molecule has 0 N–H and O–H groups in total. The SMILES string of the molecule is Cc1ccccc1SC(F)(F)C#N. The summed E-state index contributed by atoms with van der Waals surface area (Å²) in [7, 11) is 0.